The molecular weight excluding hydrogens is 568 g/mol. The van der Waals surface area contributed by atoms with Crippen molar-refractivity contribution in [2.75, 3.05) is 25.9 Å². The fraction of sp³-hybridized carbons (Fsp3) is 0.273. The van der Waals surface area contributed by atoms with Crippen molar-refractivity contribution in [3.8, 4) is 17.1 Å². The van der Waals surface area contributed by atoms with Crippen LogP contribution in [0.25, 0.3) is 16.8 Å². The second-order valence-electron chi connectivity index (χ2n) is 8.41. The predicted molar refractivity (Wildman–Crippen MR) is 131 cm³/mol. The molecule has 1 aliphatic heterocycles. The van der Waals surface area contributed by atoms with Gasteiger partial charge in [-0.3, -0.25) is 9.59 Å². The van der Waals surface area contributed by atoms with Crippen molar-refractivity contribution in [1.29, 1.82) is 0 Å². The third kappa shape index (κ3) is 4.92. The molecule has 0 radical (unpaired) electrons. The number of likely N-dealkylation sites (tertiary alicyclic amines) is 1. The summed E-state index contributed by atoms with van der Waals surface area (Å²) in [5, 5.41) is 6.40. The van der Waals surface area contributed by atoms with E-state index in [-0.39, 0.29) is 45.1 Å². The van der Waals surface area contributed by atoms with Crippen molar-refractivity contribution in [2.24, 2.45) is 0 Å². The monoisotopic (exact) mass is 584 g/mol. The van der Waals surface area contributed by atoms with Crippen LogP contribution < -0.4 is 15.8 Å². The van der Waals surface area contributed by atoms with E-state index >= 15 is 0 Å². The topological polar surface area (TPSA) is 141 Å². The number of hydrogen-bond donors (Lipinski definition) is 2. The first kappa shape index (κ1) is 26.6. The smallest absolute Gasteiger partial charge is 0.418 e. The molecule has 2 atom stereocenters. The number of rotatable bonds is 5. The lowest BCUT2D eigenvalue weighted by molar-refractivity contribution is -0.136. The van der Waals surface area contributed by atoms with Gasteiger partial charge in [-0.15, -0.1) is 0 Å². The molecule has 2 amide bonds. The number of ether oxygens (including phenoxy) is 1. The number of nitrogens with zero attached hydrogens (tertiary/aromatic N) is 6. The summed E-state index contributed by atoms with van der Waals surface area (Å²) >= 11 is 6.72. The van der Waals surface area contributed by atoms with Crippen LogP contribution in [0.5, 0.6) is 5.88 Å². The summed E-state index contributed by atoms with van der Waals surface area (Å²) in [6.45, 7) is -0.405. The van der Waals surface area contributed by atoms with Crippen LogP contribution in [0.2, 0.25) is 4.47 Å². The standard InChI is InChI=1S/C22H17ClF4N8O3S/c1-38-19-10(18(36)33-13-7-34(6-12(13)24)20(37)15-5-30-21(23)39-15)2-9(4-29-19)14-3-11(22(25,26)27)16-17(28)31-8-32-35(14)16/h2-5,8,12-13H,6-7H2,1H3,(H,33,36)(H2,28,31,32)/t12-,13+/m0/s1. The molecule has 1 fully saturated rings. The van der Waals surface area contributed by atoms with Crippen LogP contribution in [0.15, 0.2) is 30.9 Å². The lowest BCUT2D eigenvalue weighted by Gasteiger charge is -2.17. The molecule has 1 saturated heterocycles. The largest absolute Gasteiger partial charge is 0.480 e. The Balaban J connectivity index is 1.44. The first-order valence-electron chi connectivity index (χ1n) is 11.1. The van der Waals surface area contributed by atoms with E-state index in [1.54, 1.807) is 0 Å². The number of amides is 2. The van der Waals surface area contributed by atoms with Gasteiger partial charge in [-0.05, 0) is 12.1 Å². The van der Waals surface area contributed by atoms with Crippen molar-refractivity contribution < 1.29 is 31.9 Å². The number of halogens is 5. The average Bonchev–Trinajstić information content (AvgIpc) is 3.60. The Morgan fingerprint density at radius 2 is 1.97 bits per heavy atom. The number of aromatic nitrogens is 5. The number of carbonyl (C=O) groups excluding carboxylic acids is 2. The van der Waals surface area contributed by atoms with E-state index < -0.39 is 47.1 Å². The van der Waals surface area contributed by atoms with E-state index in [2.05, 4.69) is 25.4 Å². The Hall–Kier alpha value is -4.05. The molecule has 4 aromatic heterocycles. The summed E-state index contributed by atoms with van der Waals surface area (Å²) in [4.78, 5) is 38.7. The number of thiazole rings is 1. The molecule has 204 valence electrons. The van der Waals surface area contributed by atoms with Gasteiger partial charge in [0.1, 0.15) is 28.5 Å². The Morgan fingerprint density at radius 1 is 1.21 bits per heavy atom. The lowest BCUT2D eigenvalue weighted by Crippen LogP contribution is -2.42. The molecule has 1 aliphatic rings. The number of hydrogen-bond acceptors (Lipinski definition) is 9. The second kappa shape index (κ2) is 9.92. The highest BCUT2D eigenvalue weighted by molar-refractivity contribution is 7.17. The number of nitrogens with two attached hydrogens (primary N) is 1. The minimum Gasteiger partial charge on any atom is -0.480 e. The zero-order valence-electron chi connectivity index (χ0n) is 19.7. The third-order valence-electron chi connectivity index (χ3n) is 6.01. The van der Waals surface area contributed by atoms with Crippen LogP contribution in [-0.2, 0) is 6.18 Å². The van der Waals surface area contributed by atoms with Gasteiger partial charge in [0, 0.05) is 18.3 Å². The summed E-state index contributed by atoms with van der Waals surface area (Å²) < 4.78 is 62.2. The number of anilines is 1. The number of methoxy groups -OCH3 is 1. The first-order valence-corrected chi connectivity index (χ1v) is 12.3. The fourth-order valence-electron chi connectivity index (χ4n) is 4.23. The molecule has 0 aromatic carbocycles. The van der Waals surface area contributed by atoms with E-state index in [9.17, 15) is 27.2 Å². The second-order valence-corrected chi connectivity index (χ2v) is 10.0. The van der Waals surface area contributed by atoms with Gasteiger partial charge in [0.2, 0.25) is 5.88 Å². The van der Waals surface area contributed by atoms with Gasteiger partial charge in [-0.25, -0.2) is 23.9 Å². The highest BCUT2D eigenvalue weighted by Crippen LogP contribution is 2.39. The van der Waals surface area contributed by atoms with Crippen molar-refractivity contribution in [3.05, 3.63) is 51.3 Å². The van der Waals surface area contributed by atoms with Gasteiger partial charge in [-0.1, -0.05) is 22.9 Å². The molecular formula is C22H17ClF4N8O3S. The summed E-state index contributed by atoms with van der Waals surface area (Å²) in [6, 6.07) is 0.984. The summed E-state index contributed by atoms with van der Waals surface area (Å²) in [5.74, 6) is -1.84. The van der Waals surface area contributed by atoms with E-state index in [0.717, 1.165) is 28.2 Å². The SMILES string of the molecule is COc1ncc(-c2cc(C(F)(F)F)c3c(N)ncnn23)cc1C(=O)N[C@@H]1CN(C(=O)c2cnc(Cl)s2)C[C@@H]1F. The normalized spacial score (nSPS) is 17.5. The maximum absolute atomic E-state index is 14.8. The maximum Gasteiger partial charge on any atom is 0.418 e. The van der Waals surface area contributed by atoms with Crippen molar-refractivity contribution in [1.82, 2.24) is 34.8 Å². The highest BCUT2D eigenvalue weighted by atomic mass is 35.5. The number of alkyl halides is 4. The Morgan fingerprint density at radius 3 is 2.64 bits per heavy atom. The molecule has 4 aromatic rings. The molecule has 3 N–H and O–H groups in total. The molecule has 0 saturated carbocycles. The van der Waals surface area contributed by atoms with Crippen LogP contribution in [0.3, 0.4) is 0 Å². The van der Waals surface area contributed by atoms with Crippen molar-refractivity contribution in [2.45, 2.75) is 18.4 Å². The lowest BCUT2D eigenvalue weighted by atomic mass is 10.1. The number of pyridine rings is 1. The van der Waals surface area contributed by atoms with E-state index in [1.807, 2.05) is 0 Å². The number of nitrogen functional groups attached to an aromatic ring is 1. The van der Waals surface area contributed by atoms with Gasteiger partial charge >= 0.3 is 6.18 Å². The molecule has 17 heteroatoms. The van der Waals surface area contributed by atoms with Gasteiger partial charge in [0.15, 0.2) is 10.3 Å². The average molecular weight is 585 g/mol. The summed E-state index contributed by atoms with van der Waals surface area (Å²) in [5.41, 5.74) is 4.00. The molecule has 39 heavy (non-hydrogen) atoms. The number of nitrogens with one attached hydrogen (secondary N) is 1. The molecule has 0 spiro atoms. The van der Waals surface area contributed by atoms with Crippen molar-refractivity contribution in [3.63, 3.8) is 0 Å². The van der Waals surface area contributed by atoms with Crippen molar-refractivity contribution >= 4 is 46.1 Å². The highest BCUT2D eigenvalue weighted by Gasteiger charge is 2.39. The zero-order valence-corrected chi connectivity index (χ0v) is 21.3. The molecule has 11 nitrogen and oxygen atoms in total. The Kier molecular flexibility index (Phi) is 6.76. The van der Waals surface area contributed by atoms with Crippen LogP contribution in [0, 0.1) is 0 Å². The van der Waals surface area contributed by atoms with Gasteiger partial charge in [-0.2, -0.15) is 18.3 Å². The molecule has 0 aliphatic carbocycles. The minimum absolute atomic E-state index is 0.0696. The third-order valence-corrected chi connectivity index (χ3v) is 7.12. The number of carbonyl (C=O) groups is 2. The quantitative estimate of drug-likeness (QED) is 0.341. The molecule has 0 bridgehead atoms. The predicted octanol–water partition coefficient (Wildman–Crippen LogP) is 3.10. The minimum atomic E-state index is -4.77. The Bertz CT molecular complexity index is 1590. The van der Waals surface area contributed by atoms with E-state index in [0.29, 0.717) is 0 Å². The maximum atomic E-state index is 14.8. The summed E-state index contributed by atoms with van der Waals surface area (Å²) in [7, 11) is 1.25. The molecule has 5 heterocycles. The Labute approximate surface area is 225 Å². The van der Waals surface area contributed by atoms with E-state index in [4.69, 9.17) is 22.1 Å². The zero-order chi connectivity index (χ0) is 28.1. The molecule has 0 unspecified atom stereocenters. The van der Waals surface area contributed by atoms with Gasteiger partial charge < -0.3 is 20.7 Å². The van der Waals surface area contributed by atoms with Gasteiger partial charge in [0.25, 0.3) is 11.8 Å². The molecule has 5 rings (SSSR count). The summed E-state index contributed by atoms with van der Waals surface area (Å²) in [6.07, 6.45) is -2.89. The first-order chi connectivity index (χ1) is 18.5. The van der Waals surface area contributed by atoms with Crippen LogP contribution >= 0.6 is 22.9 Å². The van der Waals surface area contributed by atoms with E-state index in [1.165, 1.54) is 30.5 Å². The van der Waals surface area contributed by atoms with Gasteiger partial charge in [0.05, 0.1) is 37.2 Å². The number of fused-ring (bicyclic) bond motifs is 1. The van der Waals surface area contributed by atoms with Crippen LogP contribution in [-0.4, -0.2) is 73.7 Å². The van der Waals surface area contributed by atoms with Crippen LogP contribution in [0.4, 0.5) is 23.4 Å². The van der Waals surface area contributed by atoms with Crippen LogP contribution in [0.1, 0.15) is 25.6 Å². The fourth-order valence-corrected chi connectivity index (χ4v) is 5.13.